The van der Waals surface area contributed by atoms with Gasteiger partial charge in [-0.2, -0.15) is 5.10 Å². The number of aromatic nitrogens is 3. The Hall–Kier alpha value is -3.75. The Morgan fingerprint density at radius 3 is 2.56 bits per heavy atom. The van der Waals surface area contributed by atoms with Gasteiger partial charge in [-0.25, -0.2) is 9.48 Å². The van der Waals surface area contributed by atoms with Gasteiger partial charge in [-0.15, -0.1) is 0 Å². The first-order valence-electron chi connectivity index (χ1n) is 10.3. The molecule has 2 heterocycles. The zero-order valence-corrected chi connectivity index (χ0v) is 18.5. The van der Waals surface area contributed by atoms with Crippen molar-refractivity contribution in [2.24, 2.45) is 5.41 Å². The number of ether oxygens (including phenoxy) is 1. The molecule has 0 saturated heterocycles. The Kier molecular flexibility index (Phi) is 6.57. The zero-order valence-electron chi connectivity index (χ0n) is 18.5. The van der Waals surface area contributed by atoms with Gasteiger partial charge in [0.05, 0.1) is 22.9 Å². The smallest absolute Gasteiger partial charge is 0.356 e. The van der Waals surface area contributed by atoms with Gasteiger partial charge in [-0.3, -0.25) is 14.6 Å². The van der Waals surface area contributed by atoms with Crippen LogP contribution in [0.15, 0.2) is 41.5 Å². The largest absolute Gasteiger partial charge is 0.476 e. The summed E-state index contributed by atoms with van der Waals surface area (Å²) in [7, 11) is 0. The van der Waals surface area contributed by atoms with Crippen molar-refractivity contribution < 1.29 is 19.4 Å². The van der Waals surface area contributed by atoms with Crippen LogP contribution in [0.4, 0.5) is 11.4 Å². The van der Waals surface area contributed by atoms with E-state index in [4.69, 9.17) is 4.74 Å². The van der Waals surface area contributed by atoms with Gasteiger partial charge in [0.1, 0.15) is 12.3 Å². The number of pyridine rings is 1. The number of rotatable bonds is 8. The first-order chi connectivity index (χ1) is 15.2. The molecule has 0 aliphatic carbocycles. The molecule has 9 heteroatoms. The molecule has 2 N–H and O–H groups in total. The maximum absolute atomic E-state index is 13.1. The number of carbonyl (C=O) groups excluding carboxylic acids is 1. The summed E-state index contributed by atoms with van der Waals surface area (Å²) in [6, 6.07) is 7.46. The van der Waals surface area contributed by atoms with Crippen LogP contribution >= 0.6 is 0 Å². The van der Waals surface area contributed by atoms with Crippen LogP contribution in [-0.4, -0.2) is 31.8 Å². The molecule has 0 spiro atoms. The lowest BCUT2D eigenvalue weighted by Gasteiger charge is -2.21. The predicted octanol–water partition coefficient (Wildman–Crippen LogP) is 3.73. The summed E-state index contributed by atoms with van der Waals surface area (Å²) in [6.45, 7) is 6.78. The molecule has 32 heavy (non-hydrogen) atoms. The van der Waals surface area contributed by atoms with Gasteiger partial charge in [0.25, 0.3) is 5.56 Å². The molecule has 0 aliphatic heterocycles. The first kappa shape index (κ1) is 22.9. The topological polar surface area (TPSA) is 123 Å². The number of hydrogen-bond acceptors (Lipinski definition) is 7. The quantitative estimate of drug-likeness (QED) is 0.510. The van der Waals surface area contributed by atoms with Crippen LogP contribution in [0, 0.1) is 5.41 Å². The molecule has 2 aromatic heterocycles. The summed E-state index contributed by atoms with van der Waals surface area (Å²) in [5.41, 5.74) is -1.12. The fraction of sp³-hybridized carbons (Fsp3) is 0.348. The average molecular weight is 438 g/mol. The Labute approximate surface area is 185 Å². The Balaban J connectivity index is 2.14. The molecule has 0 radical (unpaired) electrons. The van der Waals surface area contributed by atoms with Crippen molar-refractivity contribution in [2.75, 3.05) is 5.32 Å². The van der Waals surface area contributed by atoms with Gasteiger partial charge < -0.3 is 15.2 Å². The highest BCUT2D eigenvalue weighted by Crippen LogP contribution is 2.28. The third kappa shape index (κ3) is 4.46. The van der Waals surface area contributed by atoms with Gasteiger partial charge in [0.15, 0.2) is 5.69 Å². The van der Waals surface area contributed by atoms with E-state index in [9.17, 15) is 19.5 Å². The van der Waals surface area contributed by atoms with Gasteiger partial charge in [-0.05, 0) is 27.2 Å². The van der Waals surface area contributed by atoms with Crippen molar-refractivity contribution in [3.05, 3.63) is 58.3 Å². The molecule has 0 unspecified atom stereocenters. The number of nitrogens with one attached hydrogen (secondary N) is 1. The maximum Gasteiger partial charge on any atom is 0.356 e. The van der Waals surface area contributed by atoms with Crippen LogP contribution in [0.3, 0.4) is 0 Å². The lowest BCUT2D eigenvalue weighted by Crippen LogP contribution is -2.31. The number of aromatic carboxylic acids is 1. The molecule has 0 bridgehead atoms. The zero-order chi connectivity index (χ0) is 23.5. The van der Waals surface area contributed by atoms with E-state index < -0.39 is 29.5 Å². The van der Waals surface area contributed by atoms with E-state index in [-0.39, 0.29) is 23.5 Å². The van der Waals surface area contributed by atoms with Crippen molar-refractivity contribution in [1.29, 1.82) is 0 Å². The number of hydrogen-bond donors (Lipinski definition) is 2. The number of esters is 1. The highest BCUT2D eigenvalue weighted by atomic mass is 16.5. The molecular formula is C23H26N4O5. The minimum absolute atomic E-state index is 0.000359. The number of fused-ring (bicyclic) bond motifs is 1. The van der Waals surface area contributed by atoms with Gasteiger partial charge in [-0.1, -0.05) is 31.2 Å². The third-order valence-corrected chi connectivity index (χ3v) is 5.47. The second kappa shape index (κ2) is 9.17. The van der Waals surface area contributed by atoms with Gasteiger partial charge in [0, 0.05) is 23.5 Å². The standard InChI is InChI=1S/C23H26N4O5/c1-5-23(3,4)22(31)32-13-16-18(20(28)27(6-2)26-19(16)21(29)30)25-17-12-24-11-14-9-7-8-10-15(14)17/h7-12,25H,5-6,13H2,1-4H3,(H,29,30). The van der Waals surface area contributed by atoms with Crippen LogP contribution in [-0.2, 0) is 22.7 Å². The lowest BCUT2D eigenvalue weighted by molar-refractivity contribution is -0.155. The molecule has 168 valence electrons. The van der Waals surface area contributed by atoms with Crippen LogP contribution < -0.4 is 10.9 Å². The van der Waals surface area contributed by atoms with Crippen molar-refractivity contribution >= 4 is 34.1 Å². The van der Waals surface area contributed by atoms with Crippen LogP contribution in [0.1, 0.15) is 50.2 Å². The number of carboxylic acids is 1. The van der Waals surface area contributed by atoms with E-state index in [2.05, 4.69) is 15.4 Å². The Bertz CT molecular complexity index is 1230. The van der Waals surface area contributed by atoms with Crippen LogP contribution in [0.2, 0.25) is 0 Å². The molecule has 0 aliphatic rings. The number of carbonyl (C=O) groups is 2. The number of carboxylic acid groups (broad SMARTS) is 1. The van der Waals surface area contributed by atoms with Crippen molar-refractivity contribution in [1.82, 2.24) is 14.8 Å². The minimum Gasteiger partial charge on any atom is -0.476 e. The third-order valence-electron chi connectivity index (χ3n) is 5.47. The summed E-state index contributed by atoms with van der Waals surface area (Å²) in [6.07, 6.45) is 3.78. The normalized spacial score (nSPS) is 11.4. The summed E-state index contributed by atoms with van der Waals surface area (Å²) in [5.74, 6) is -1.82. The van der Waals surface area contributed by atoms with E-state index in [0.717, 1.165) is 15.5 Å². The fourth-order valence-corrected chi connectivity index (χ4v) is 3.09. The number of aryl methyl sites for hydroxylation is 1. The number of nitrogens with zero attached hydrogens (tertiary/aromatic N) is 3. The van der Waals surface area contributed by atoms with E-state index in [1.54, 1.807) is 33.2 Å². The Morgan fingerprint density at radius 2 is 1.91 bits per heavy atom. The molecular weight excluding hydrogens is 412 g/mol. The van der Waals surface area contributed by atoms with Gasteiger partial charge in [0.2, 0.25) is 0 Å². The molecule has 3 aromatic rings. The van der Waals surface area contributed by atoms with E-state index in [1.165, 1.54) is 0 Å². The van der Waals surface area contributed by atoms with E-state index in [1.807, 2.05) is 31.2 Å². The molecule has 0 saturated carbocycles. The summed E-state index contributed by atoms with van der Waals surface area (Å²) < 4.78 is 6.48. The highest BCUT2D eigenvalue weighted by Gasteiger charge is 2.29. The first-order valence-corrected chi connectivity index (χ1v) is 10.3. The summed E-state index contributed by atoms with van der Waals surface area (Å²) >= 11 is 0. The van der Waals surface area contributed by atoms with Crippen LogP contribution in [0.5, 0.6) is 0 Å². The van der Waals surface area contributed by atoms with E-state index in [0.29, 0.717) is 12.1 Å². The fourth-order valence-electron chi connectivity index (χ4n) is 3.09. The minimum atomic E-state index is -1.33. The van der Waals surface area contributed by atoms with Crippen molar-refractivity contribution in [2.45, 2.75) is 47.3 Å². The molecule has 3 rings (SSSR count). The van der Waals surface area contributed by atoms with Crippen LogP contribution in [0.25, 0.3) is 10.8 Å². The number of benzene rings is 1. The monoisotopic (exact) mass is 438 g/mol. The maximum atomic E-state index is 13.1. The SMILES string of the molecule is CCn1nc(C(=O)O)c(COC(=O)C(C)(C)CC)c(Nc2cncc3ccccc23)c1=O. The second-order valence-corrected chi connectivity index (χ2v) is 7.97. The van der Waals surface area contributed by atoms with E-state index >= 15 is 0 Å². The number of anilines is 2. The van der Waals surface area contributed by atoms with Crippen molar-refractivity contribution in [3.63, 3.8) is 0 Å². The molecule has 0 fully saturated rings. The second-order valence-electron chi connectivity index (χ2n) is 7.97. The Morgan fingerprint density at radius 1 is 1.19 bits per heavy atom. The predicted molar refractivity (Wildman–Crippen MR) is 120 cm³/mol. The van der Waals surface area contributed by atoms with Gasteiger partial charge >= 0.3 is 11.9 Å². The molecule has 0 amide bonds. The molecule has 1 aromatic carbocycles. The summed E-state index contributed by atoms with van der Waals surface area (Å²) in [5, 5.41) is 18.4. The molecule has 9 nitrogen and oxygen atoms in total. The molecule has 0 atom stereocenters. The highest BCUT2D eigenvalue weighted by molar-refractivity contribution is 5.95. The lowest BCUT2D eigenvalue weighted by atomic mass is 9.91. The average Bonchev–Trinajstić information content (AvgIpc) is 2.79. The summed E-state index contributed by atoms with van der Waals surface area (Å²) in [4.78, 5) is 41.8. The van der Waals surface area contributed by atoms with Crippen molar-refractivity contribution in [3.8, 4) is 0 Å².